The Labute approximate surface area is 132 Å². The lowest BCUT2D eigenvalue weighted by molar-refractivity contribution is 0.0954. The fourth-order valence-corrected chi connectivity index (χ4v) is 2.15. The average molecular weight is 321 g/mol. The Hall–Kier alpha value is -1.04. The molecule has 0 unspecified atom stereocenters. The molecule has 0 spiro atoms. The number of likely N-dealkylation sites (N-methyl/N-ethyl adjacent to an activating group) is 1. The van der Waals surface area contributed by atoms with Crippen LogP contribution in [0, 0.1) is 0 Å². The standard InChI is InChI=1S/C13H20N4O.2ClH/c1-14-7-8-16-13(18)11-5-4-6-15-12(11)17-9-2-3-10-17;;/h4-6,14H,2-3,7-10H2,1H3,(H,16,18);2*1H. The van der Waals surface area contributed by atoms with Gasteiger partial charge < -0.3 is 15.5 Å². The second kappa shape index (κ2) is 9.80. The van der Waals surface area contributed by atoms with Gasteiger partial charge in [-0.25, -0.2) is 4.98 Å². The summed E-state index contributed by atoms with van der Waals surface area (Å²) in [5.41, 5.74) is 0.676. The van der Waals surface area contributed by atoms with Gasteiger partial charge in [-0.15, -0.1) is 24.8 Å². The summed E-state index contributed by atoms with van der Waals surface area (Å²) < 4.78 is 0. The Balaban J connectivity index is 0.00000180. The van der Waals surface area contributed by atoms with Crippen LogP contribution in [0.15, 0.2) is 18.3 Å². The molecule has 0 aromatic carbocycles. The number of aromatic nitrogens is 1. The number of amides is 1. The Bertz CT molecular complexity index is 411. The zero-order valence-corrected chi connectivity index (χ0v) is 13.2. The highest BCUT2D eigenvalue weighted by Gasteiger charge is 2.19. The summed E-state index contributed by atoms with van der Waals surface area (Å²) in [7, 11) is 1.87. The predicted octanol–water partition coefficient (Wildman–Crippen LogP) is 1.47. The van der Waals surface area contributed by atoms with Crippen molar-refractivity contribution in [3.63, 3.8) is 0 Å². The number of halogens is 2. The van der Waals surface area contributed by atoms with E-state index in [0.717, 1.165) is 25.5 Å². The van der Waals surface area contributed by atoms with Gasteiger partial charge in [-0.1, -0.05) is 0 Å². The molecule has 114 valence electrons. The number of nitrogens with zero attached hydrogens (tertiary/aromatic N) is 2. The van der Waals surface area contributed by atoms with E-state index in [4.69, 9.17) is 0 Å². The third-order valence-electron chi connectivity index (χ3n) is 3.10. The molecule has 1 saturated heterocycles. The monoisotopic (exact) mass is 320 g/mol. The number of pyridine rings is 1. The van der Waals surface area contributed by atoms with Gasteiger partial charge >= 0.3 is 0 Å². The maximum atomic E-state index is 12.1. The van der Waals surface area contributed by atoms with Crippen molar-refractivity contribution in [1.29, 1.82) is 0 Å². The van der Waals surface area contributed by atoms with Gasteiger partial charge in [0.25, 0.3) is 5.91 Å². The first-order chi connectivity index (χ1) is 8.83. The third kappa shape index (κ3) is 4.81. The summed E-state index contributed by atoms with van der Waals surface area (Å²) in [6.45, 7) is 3.39. The lowest BCUT2D eigenvalue weighted by atomic mass is 10.2. The van der Waals surface area contributed by atoms with Crippen molar-refractivity contribution < 1.29 is 4.79 Å². The van der Waals surface area contributed by atoms with Crippen LogP contribution in [0.5, 0.6) is 0 Å². The van der Waals surface area contributed by atoms with Crippen LogP contribution in [0.3, 0.4) is 0 Å². The smallest absolute Gasteiger partial charge is 0.255 e. The first kappa shape index (κ1) is 19.0. The van der Waals surface area contributed by atoms with E-state index in [9.17, 15) is 4.79 Å². The molecule has 0 bridgehead atoms. The van der Waals surface area contributed by atoms with Gasteiger partial charge in [0.15, 0.2) is 0 Å². The van der Waals surface area contributed by atoms with E-state index in [0.29, 0.717) is 12.1 Å². The van der Waals surface area contributed by atoms with Gasteiger partial charge in [0.1, 0.15) is 5.82 Å². The molecule has 1 aliphatic heterocycles. The molecule has 2 rings (SSSR count). The number of rotatable bonds is 5. The van der Waals surface area contributed by atoms with Gasteiger partial charge in [-0.3, -0.25) is 4.79 Å². The molecule has 2 N–H and O–H groups in total. The van der Waals surface area contributed by atoms with Crippen molar-refractivity contribution in [1.82, 2.24) is 15.6 Å². The molecule has 2 heterocycles. The fraction of sp³-hybridized carbons (Fsp3) is 0.538. The van der Waals surface area contributed by atoms with Crippen LogP contribution in [-0.2, 0) is 0 Å². The molecule has 0 radical (unpaired) electrons. The van der Waals surface area contributed by atoms with E-state index in [2.05, 4.69) is 20.5 Å². The van der Waals surface area contributed by atoms with Crippen LogP contribution in [0.25, 0.3) is 0 Å². The van der Waals surface area contributed by atoms with E-state index < -0.39 is 0 Å². The number of carbonyl (C=O) groups is 1. The number of carbonyl (C=O) groups excluding carboxylic acids is 1. The van der Waals surface area contributed by atoms with Crippen LogP contribution >= 0.6 is 24.8 Å². The van der Waals surface area contributed by atoms with Crippen LogP contribution in [0.1, 0.15) is 23.2 Å². The zero-order chi connectivity index (χ0) is 12.8. The largest absolute Gasteiger partial charge is 0.356 e. The average Bonchev–Trinajstić information content (AvgIpc) is 2.93. The molecule has 1 fully saturated rings. The Morgan fingerprint density at radius 1 is 1.30 bits per heavy atom. The summed E-state index contributed by atoms with van der Waals surface area (Å²) in [5, 5.41) is 5.90. The molecule has 7 heteroatoms. The van der Waals surface area contributed by atoms with Gasteiger partial charge in [0.05, 0.1) is 5.56 Å². The number of hydrogen-bond acceptors (Lipinski definition) is 4. The zero-order valence-electron chi connectivity index (χ0n) is 11.6. The second-order valence-corrected chi connectivity index (χ2v) is 4.43. The Kier molecular flexibility index (Phi) is 9.29. The van der Waals surface area contributed by atoms with Gasteiger partial charge in [0, 0.05) is 32.4 Å². The summed E-state index contributed by atoms with van der Waals surface area (Å²) in [4.78, 5) is 18.6. The van der Waals surface area contributed by atoms with Gasteiger partial charge in [-0.2, -0.15) is 0 Å². The molecule has 0 aliphatic carbocycles. The van der Waals surface area contributed by atoms with Crippen LogP contribution < -0.4 is 15.5 Å². The number of nitrogens with one attached hydrogen (secondary N) is 2. The quantitative estimate of drug-likeness (QED) is 0.807. The molecule has 1 aromatic rings. The highest BCUT2D eigenvalue weighted by Crippen LogP contribution is 2.21. The van der Waals surface area contributed by atoms with Crippen LogP contribution in [0.4, 0.5) is 5.82 Å². The summed E-state index contributed by atoms with van der Waals surface area (Å²) in [6.07, 6.45) is 4.10. The highest BCUT2D eigenvalue weighted by atomic mass is 35.5. The predicted molar refractivity (Wildman–Crippen MR) is 86.4 cm³/mol. The van der Waals surface area contributed by atoms with E-state index in [1.54, 1.807) is 6.20 Å². The van der Waals surface area contributed by atoms with Crippen molar-refractivity contribution in [2.45, 2.75) is 12.8 Å². The van der Waals surface area contributed by atoms with Gasteiger partial charge in [0.2, 0.25) is 0 Å². The van der Waals surface area contributed by atoms with Crippen molar-refractivity contribution in [2.75, 3.05) is 38.1 Å². The number of hydrogen-bond donors (Lipinski definition) is 2. The lowest BCUT2D eigenvalue weighted by Crippen LogP contribution is -2.32. The van der Waals surface area contributed by atoms with Crippen molar-refractivity contribution >= 4 is 36.5 Å². The molecule has 0 saturated carbocycles. The SMILES string of the molecule is CNCCNC(=O)c1cccnc1N1CCCC1.Cl.Cl. The summed E-state index contributed by atoms with van der Waals surface area (Å²) >= 11 is 0. The topological polar surface area (TPSA) is 57.3 Å². The number of anilines is 1. The molecule has 5 nitrogen and oxygen atoms in total. The summed E-state index contributed by atoms with van der Waals surface area (Å²) in [6, 6.07) is 3.65. The molecule has 1 aromatic heterocycles. The minimum atomic E-state index is -0.0414. The summed E-state index contributed by atoms with van der Waals surface area (Å²) in [5.74, 6) is 0.775. The first-order valence-electron chi connectivity index (χ1n) is 6.45. The van der Waals surface area contributed by atoms with Crippen molar-refractivity contribution in [3.8, 4) is 0 Å². The lowest BCUT2D eigenvalue weighted by Gasteiger charge is -2.19. The normalized spacial score (nSPS) is 13.3. The van der Waals surface area contributed by atoms with Crippen molar-refractivity contribution in [2.24, 2.45) is 0 Å². The minimum absolute atomic E-state index is 0. The highest BCUT2D eigenvalue weighted by molar-refractivity contribution is 5.98. The van der Waals surface area contributed by atoms with E-state index in [1.165, 1.54) is 12.8 Å². The minimum Gasteiger partial charge on any atom is -0.356 e. The maximum Gasteiger partial charge on any atom is 0.255 e. The molecular formula is C13H22Cl2N4O. The van der Waals surface area contributed by atoms with Crippen LogP contribution in [0.2, 0.25) is 0 Å². The molecule has 20 heavy (non-hydrogen) atoms. The van der Waals surface area contributed by atoms with E-state index >= 15 is 0 Å². The van der Waals surface area contributed by atoms with E-state index in [1.807, 2.05) is 19.2 Å². The van der Waals surface area contributed by atoms with Crippen LogP contribution in [-0.4, -0.2) is 44.1 Å². The third-order valence-corrected chi connectivity index (χ3v) is 3.10. The molecular weight excluding hydrogens is 299 g/mol. The molecule has 1 aliphatic rings. The Morgan fingerprint density at radius 2 is 2.00 bits per heavy atom. The fourth-order valence-electron chi connectivity index (χ4n) is 2.15. The van der Waals surface area contributed by atoms with E-state index in [-0.39, 0.29) is 30.7 Å². The van der Waals surface area contributed by atoms with Crippen molar-refractivity contribution in [3.05, 3.63) is 23.9 Å². The second-order valence-electron chi connectivity index (χ2n) is 4.43. The Morgan fingerprint density at radius 3 is 2.65 bits per heavy atom. The first-order valence-corrected chi connectivity index (χ1v) is 6.45. The van der Waals surface area contributed by atoms with Gasteiger partial charge in [-0.05, 0) is 32.0 Å². The molecule has 1 amide bonds. The maximum absolute atomic E-state index is 12.1. The molecule has 0 atom stereocenters.